The van der Waals surface area contributed by atoms with E-state index in [9.17, 15) is 26.3 Å². The van der Waals surface area contributed by atoms with E-state index in [0.717, 1.165) is 6.08 Å². The fourth-order valence-corrected chi connectivity index (χ4v) is 1.31. The van der Waals surface area contributed by atoms with Gasteiger partial charge in [0.05, 0.1) is 11.8 Å². The SMILES string of the molecule is NC1=CC(C(F)(F)F)C(C(F)(F)F)C=C1. The summed E-state index contributed by atoms with van der Waals surface area (Å²) in [5.41, 5.74) is 4.73. The Kier molecular flexibility index (Phi) is 2.75. The molecule has 86 valence electrons. The molecule has 2 atom stereocenters. The van der Waals surface area contributed by atoms with Gasteiger partial charge in [0.25, 0.3) is 0 Å². The van der Waals surface area contributed by atoms with Crippen LogP contribution in [0.3, 0.4) is 0 Å². The van der Waals surface area contributed by atoms with Crippen molar-refractivity contribution in [2.45, 2.75) is 12.4 Å². The smallest absolute Gasteiger partial charge is 0.396 e. The molecular weight excluding hydrogens is 224 g/mol. The molecule has 0 saturated heterocycles. The van der Waals surface area contributed by atoms with Crippen LogP contribution in [0.25, 0.3) is 0 Å². The lowest BCUT2D eigenvalue weighted by Gasteiger charge is -2.28. The normalized spacial score (nSPS) is 27.7. The summed E-state index contributed by atoms with van der Waals surface area (Å²) < 4.78 is 73.5. The predicted octanol–water partition coefficient (Wildman–Crippen LogP) is 2.76. The van der Waals surface area contributed by atoms with Crippen molar-refractivity contribution in [1.29, 1.82) is 0 Å². The second-order valence-electron chi connectivity index (χ2n) is 3.16. The van der Waals surface area contributed by atoms with E-state index in [2.05, 4.69) is 0 Å². The van der Waals surface area contributed by atoms with E-state index in [1.807, 2.05) is 0 Å². The molecule has 1 nitrogen and oxygen atoms in total. The van der Waals surface area contributed by atoms with Crippen LogP contribution >= 0.6 is 0 Å². The minimum absolute atomic E-state index is 0.308. The number of allylic oxidation sites excluding steroid dienone is 3. The van der Waals surface area contributed by atoms with Crippen molar-refractivity contribution in [3.63, 3.8) is 0 Å². The molecule has 0 radical (unpaired) electrons. The van der Waals surface area contributed by atoms with Crippen LogP contribution in [0.5, 0.6) is 0 Å². The number of rotatable bonds is 0. The van der Waals surface area contributed by atoms with Gasteiger partial charge in [-0.25, -0.2) is 0 Å². The predicted molar refractivity (Wildman–Crippen MR) is 40.5 cm³/mol. The highest BCUT2D eigenvalue weighted by atomic mass is 19.4. The summed E-state index contributed by atoms with van der Waals surface area (Å²) in [5.74, 6) is -5.15. The highest BCUT2D eigenvalue weighted by Gasteiger charge is 2.53. The summed E-state index contributed by atoms with van der Waals surface area (Å²) in [5, 5.41) is 0. The lowest BCUT2D eigenvalue weighted by atomic mass is 9.86. The quantitative estimate of drug-likeness (QED) is 0.637. The van der Waals surface area contributed by atoms with Gasteiger partial charge in [-0.1, -0.05) is 6.08 Å². The highest BCUT2D eigenvalue weighted by molar-refractivity contribution is 5.24. The van der Waals surface area contributed by atoms with E-state index in [1.54, 1.807) is 0 Å². The molecule has 15 heavy (non-hydrogen) atoms. The number of alkyl halides is 6. The average Bonchev–Trinajstić information content (AvgIpc) is 2.00. The maximum Gasteiger partial charge on any atom is 0.396 e. The third kappa shape index (κ3) is 2.66. The van der Waals surface area contributed by atoms with Gasteiger partial charge in [-0.05, 0) is 12.2 Å². The van der Waals surface area contributed by atoms with Gasteiger partial charge in [0.2, 0.25) is 0 Å². The van der Waals surface area contributed by atoms with Crippen LogP contribution in [-0.4, -0.2) is 12.4 Å². The molecule has 1 aliphatic rings. The van der Waals surface area contributed by atoms with Crippen molar-refractivity contribution in [3.8, 4) is 0 Å². The standard InChI is InChI=1S/C8H7F6N/c9-7(10,11)5-2-1-4(15)3-6(5)8(12,13)14/h1-3,5-6H,15H2. The van der Waals surface area contributed by atoms with E-state index in [1.165, 1.54) is 0 Å². The Balaban J connectivity index is 3.04. The van der Waals surface area contributed by atoms with Gasteiger partial charge in [0, 0.05) is 5.70 Å². The molecule has 0 aromatic rings. The molecule has 0 bridgehead atoms. The summed E-state index contributed by atoms with van der Waals surface area (Å²) in [4.78, 5) is 0. The molecule has 0 heterocycles. The van der Waals surface area contributed by atoms with E-state index >= 15 is 0 Å². The average molecular weight is 231 g/mol. The van der Waals surface area contributed by atoms with Crippen LogP contribution < -0.4 is 5.73 Å². The number of nitrogens with two attached hydrogens (primary N) is 1. The second-order valence-corrected chi connectivity index (χ2v) is 3.16. The Labute approximate surface area is 81.2 Å². The monoisotopic (exact) mass is 231 g/mol. The van der Waals surface area contributed by atoms with Gasteiger partial charge < -0.3 is 5.73 Å². The number of hydrogen-bond acceptors (Lipinski definition) is 1. The first-order chi connectivity index (χ1) is 6.62. The minimum atomic E-state index is -4.95. The molecule has 2 unspecified atom stereocenters. The Morgan fingerprint density at radius 1 is 0.933 bits per heavy atom. The maximum absolute atomic E-state index is 12.3. The molecule has 0 aliphatic heterocycles. The lowest BCUT2D eigenvalue weighted by Crippen LogP contribution is -2.38. The molecule has 0 aromatic carbocycles. The number of halogens is 6. The molecule has 1 rings (SSSR count). The molecule has 0 saturated carbocycles. The fourth-order valence-electron chi connectivity index (χ4n) is 1.31. The summed E-state index contributed by atoms with van der Waals surface area (Å²) in [6.45, 7) is 0. The van der Waals surface area contributed by atoms with Crippen molar-refractivity contribution in [2.24, 2.45) is 17.6 Å². The van der Waals surface area contributed by atoms with Gasteiger partial charge in [0.15, 0.2) is 0 Å². The zero-order valence-electron chi connectivity index (χ0n) is 7.23. The first-order valence-electron chi connectivity index (χ1n) is 3.91. The van der Waals surface area contributed by atoms with Crippen LogP contribution in [0.4, 0.5) is 26.3 Å². The molecule has 1 aliphatic carbocycles. The maximum atomic E-state index is 12.3. The lowest BCUT2D eigenvalue weighted by molar-refractivity contribution is -0.231. The zero-order chi connectivity index (χ0) is 11.9. The summed E-state index contributed by atoms with van der Waals surface area (Å²) in [6, 6.07) is 0. The van der Waals surface area contributed by atoms with Gasteiger partial charge >= 0.3 is 12.4 Å². The van der Waals surface area contributed by atoms with Crippen molar-refractivity contribution >= 4 is 0 Å². The topological polar surface area (TPSA) is 26.0 Å². The minimum Gasteiger partial charge on any atom is -0.399 e. The van der Waals surface area contributed by atoms with Crippen LogP contribution in [0.1, 0.15) is 0 Å². The second kappa shape index (κ2) is 3.46. The zero-order valence-corrected chi connectivity index (χ0v) is 7.23. The summed E-state index contributed by atoms with van der Waals surface area (Å²) >= 11 is 0. The summed E-state index contributed by atoms with van der Waals surface area (Å²) in [6.07, 6.45) is -8.21. The van der Waals surface area contributed by atoms with Crippen molar-refractivity contribution in [3.05, 3.63) is 23.9 Å². The largest absolute Gasteiger partial charge is 0.399 e. The molecule has 0 aromatic heterocycles. The summed E-state index contributed by atoms with van der Waals surface area (Å²) in [7, 11) is 0. The molecule has 0 amide bonds. The number of hydrogen-bond donors (Lipinski definition) is 1. The van der Waals surface area contributed by atoms with Gasteiger partial charge in [0.1, 0.15) is 0 Å². The van der Waals surface area contributed by atoms with E-state index in [4.69, 9.17) is 5.73 Å². The molecule has 0 spiro atoms. The van der Waals surface area contributed by atoms with Gasteiger partial charge in [-0.3, -0.25) is 0 Å². The Morgan fingerprint density at radius 2 is 1.40 bits per heavy atom. The van der Waals surface area contributed by atoms with Gasteiger partial charge in [-0.15, -0.1) is 0 Å². The Hall–Kier alpha value is -1.14. The first-order valence-corrected chi connectivity index (χ1v) is 3.91. The first kappa shape index (κ1) is 11.9. The fraction of sp³-hybridized carbons (Fsp3) is 0.500. The Bertz CT molecular complexity index is 297. The van der Waals surface area contributed by atoms with Crippen molar-refractivity contribution in [2.75, 3.05) is 0 Å². The van der Waals surface area contributed by atoms with Crippen LogP contribution in [-0.2, 0) is 0 Å². The van der Waals surface area contributed by atoms with Crippen molar-refractivity contribution < 1.29 is 26.3 Å². The van der Waals surface area contributed by atoms with E-state index < -0.39 is 24.2 Å². The molecule has 7 heteroatoms. The van der Waals surface area contributed by atoms with Crippen LogP contribution in [0.2, 0.25) is 0 Å². The highest BCUT2D eigenvalue weighted by Crippen LogP contribution is 2.44. The van der Waals surface area contributed by atoms with Crippen molar-refractivity contribution in [1.82, 2.24) is 0 Å². The van der Waals surface area contributed by atoms with Crippen LogP contribution in [0.15, 0.2) is 23.9 Å². The van der Waals surface area contributed by atoms with E-state index in [-0.39, 0.29) is 5.70 Å². The van der Waals surface area contributed by atoms with Crippen LogP contribution in [0, 0.1) is 11.8 Å². The third-order valence-electron chi connectivity index (χ3n) is 2.01. The third-order valence-corrected chi connectivity index (χ3v) is 2.01. The molecule has 0 fully saturated rings. The molecular formula is C8H7F6N. The van der Waals surface area contributed by atoms with Gasteiger partial charge in [-0.2, -0.15) is 26.3 Å². The molecule has 2 N–H and O–H groups in total. The van der Waals surface area contributed by atoms with E-state index in [0.29, 0.717) is 12.2 Å². The Morgan fingerprint density at radius 3 is 1.80 bits per heavy atom.